The molecule has 0 aliphatic carbocycles. The summed E-state index contributed by atoms with van der Waals surface area (Å²) in [6.45, 7) is 8.28. The van der Waals surface area contributed by atoms with Crippen LogP contribution < -0.4 is 5.32 Å². The van der Waals surface area contributed by atoms with Crippen molar-refractivity contribution in [2.45, 2.75) is 58.5 Å². The lowest BCUT2D eigenvalue weighted by Crippen LogP contribution is -2.48. The lowest BCUT2D eigenvalue weighted by molar-refractivity contribution is 0.0889. The third-order valence-corrected chi connectivity index (χ3v) is 4.84. The van der Waals surface area contributed by atoms with Gasteiger partial charge in [0.15, 0.2) is 0 Å². The lowest BCUT2D eigenvalue weighted by atomic mass is 10.0. The van der Waals surface area contributed by atoms with Crippen LogP contribution in [0.25, 0.3) is 0 Å². The molecular formula is C14H24N4OS. The fourth-order valence-corrected chi connectivity index (χ4v) is 3.49. The first-order valence-corrected chi connectivity index (χ1v) is 8.26. The second kappa shape index (κ2) is 7.13. The summed E-state index contributed by atoms with van der Waals surface area (Å²) >= 11 is 1.18. The Morgan fingerprint density at radius 2 is 2.35 bits per heavy atom. The first kappa shape index (κ1) is 15.4. The highest BCUT2D eigenvalue weighted by molar-refractivity contribution is 7.08. The van der Waals surface area contributed by atoms with Crippen LogP contribution in [0.4, 0.5) is 0 Å². The number of carbonyl (C=O) groups excluding carboxylic acids is 1. The average molecular weight is 296 g/mol. The van der Waals surface area contributed by atoms with Gasteiger partial charge in [-0.25, -0.2) is 0 Å². The van der Waals surface area contributed by atoms with Crippen molar-refractivity contribution < 1.29 is 4.79 Å². The molecular weight excluding hydrogens is 272 g/mol. The predicted molar refractivity (Wildman–Crippen MR) is 81.1 cm³/mol. The molecule has 20 heavy (non-hydrogen) atoms. The molecule has 2 heterocycles. The van der Waals surface area contributed by atoms with Gasteiger partial charge in [-0.1, -0.05) is 17.8 Å². The van der Waals surface area contributed by atoms with Gasteiger partial charge in [0.1, 0.15) is 4.88 Å². The molecule has 6 heteroatoms. The molecule has 1 aliphatic rings. The number of likely N-dealkylation sites (tertiary alicyclic amines) is 1. The summed E-state index contributed by atoms with van der Waals surface area (Å²) in [4.78, 5) is 15.3. The van der Waals surface area contributed by atoms with Crippen LogP contribution in [0.15, 0.2) is 0 Å². The number of piperidine rings is 1. The van der Waals surface area contributed by atoms with Gasteiger partial charge in [-0.15, -0.1) is 5.10 Å². The molecule has 1 fully saturated rings. The number of hydrogen-bond donors (Lipinski definition) is 1. The molecule has 0 radical (unpaired) electrons. The van der Waals surface area contributed by atoms with Gasteiger partial charge in [0.25, 0.3) is 5.91 Å². The maximum atomic E-state index is 12.2. The van der Waals surface area contributed by atoms with Crippen LogP contribution in [0.2, 0.25) is 0 Å². The number of aromatic nitrogens is 2. The van der Waals surface area contributed by atoms with Gasteiger partial charge >= 0.3 is 0 Å². The van der Waals surface area contributed by atoms with Gasteiger partial charge in [0, 0.05) is 18.6 Å². The fraction of sp³-hybridized carbons (Fsp3) is 0.786. The summed E-state index contributed by atoms with van der Waals surface area (Å²) in [5.74, 6) is -0.0339. The number of hydrogen-bond acceptors (Lipinski definition) is 5. The standard InChI is InChI=1S/C14H24N4OS/c1-4-12-13(20-17-16-12)14(19)15-9-11(3)18-8-6-5-7-10(18)2/h10-11H,4-9H2,1-3H3,(H,15,19)/t10-,11+/m1/s1. The van der Waals surface area contributed by atoms with Crippen molar-refractivity contribution in [3.63, 3.8) is 0 Å². The zero-order valence-electron chi connectivity index (χ0n) is 12.6. The minimum Gasteiger partial charge on any atom is -0.350 e. The first-order chi connectivity index (χ1) is 9.63. The Bertz CT molecular complexity index is 448. The largest absolute Gasteiger partial charge is 0.350 e. The molecule has 2 atom stereocenters. The Morgan fingerprint density at radius 3 is 3.05 bits per heavy atom. The maximum Gasteiger partial charge on any atom is 0.265 e. The molecule has 1 aromatic rings. The molecule has 0 unspecified atom stereocenters. The third kappa shape index (κ3) is 3.55. The van der Waals surface area contributed by atoms with Crippen molar-refractivity contribution in [3.05, 3.63) is 10.6 Å². The van der Waals surface area contributed by atoms with Crippen molar-refractivity contribution >= 4 is 17.4 Å². The van der Waals surface area contributed by atoms with E-state index in [0.29, 0.717) is 23.5 Å². The SMILES string of the molecule is CCc1nnsc1C(=O)NC[C@H](C)N1CCCC[C@H]1C. The van der Waals surface area contributed by atoms with Crippen LogP contribution in [0.5, 0.6) is 0 Å². The van der Waals surface area contributed by atoms with E-state index in [2.05, 4.69) is 33.7 Å². The molecule has 0 bridgehead atoms. The smallest absolute Gasteiger partial charge is 0.265 e. The minimum absolute atomic E-state index is 0.0339. The Labute approximate surface area is 124 Å². The molecule has 1 aliphatic heterocycles. The van der Waals surface area contributed by atoms with Gasteiger partial charge in [-0.05, 0) is 51.2 Å². The molecule has 1 amide bonds. The van der Waals surface area contributed by atoms with Crippen LogP contribution in [-0.4, -0.2) is 45.6 Å². The van der Waals surface area contributed by atoms with Crippen molar-refractivity contribution in [2.75, 3.05) is 13.1 Å². The van der Waals surface area contributed by atoms with Crippen LogP contribution in [0.3, 0.4) is 0 Å². The molecule has 0 saturated carbocycles. The molecule has 2 rings (SSSR count). The van der Waals surface area contributed by atoms with Crippen molar-refractivity contribution in [1.29, 1.82) is 0 Å². The van der Waals surface area contributed by atoms with E-state index in [4.69, 9.17) is 0 Å². The monoisotopic (exact) mass is 296 g/mol. The maximum absolute atomic E-state index is 12.2. The van der Waals surface area contributed by atoms with Gasteiger partial charge in [0.2, 0.25) is 0 Å². The summed E-state index contributed by atoms with van der Waals surface area (Å²) in [6.07, 6.45) is 4.60. The summed E-state index contributed by atoms with van der Waals surface area (Å²) in [7, 11) is 0. The van der Waals surface area contributed by atoms with E-state index in [9.17, 15) is 4.79 Å². The summed E-state index contributed by atoms with van der Waals surface area (Å²) in [6, 6.07) is 0.993. The van der Waals surface area contributed by atoms with E-state index in [0.717, 1.165) is 18.7 Å². The highest BCUT2D eigenvalue weighted by Crippen LogP contribution is 2.19. The summed E-state index contributed by atoms with van der Waals surface area (Å²) in [5, 5.41) is 7.01. The lowest BCUT2D eigenvalue weighted by Gasteiger charge is -2.38. The molecule has 0 spiro atoms. The number of nitrogens with zero attached hydrogens (tertiary/aromatic N) is 3. The average Bonchev–Trinajstić information content (AvgIpc) is 2.93. The van der Waals surface area contributed by atoms with Crippen LogP contribution in [-0.2, 0) is 6.42 Å². The normalized spacial score (nSPS) is 21.6. The number of carbonyl (C=O) groups is 1. The molecule has 5 nitrogen and oxygen atoms in total. The first-order valence-electron chi connectivity index (χ1n) is 7.48. The zero-order valence-corrected chi connectivity index (χ0v) is 13.4. The van der Waals surface area contributed by atoms with E-state index in [1.54, 1.807) is 0 Å². The van der Waals surface area contributed by atoms with E-state index in [1.807, 2.05) is 6.92 Å². The second-order valence-corrected chi connectivity index (χ2v) is 6.30. The zero-order chi connectivity index (χ0) is 14.5. The highest BCUT2D eigenvalue weighted by Gasteiger charge is 2.24. The molecule has 1 N–H and O–H groups in total. The minimum atomic E-state index is -0.0339. The van der Waals surface area contributed by atoms with Gasteiger partial charge < -0.3 is 5.32 Å². The summed E-state index contributed by atoms with van der Waals surface area (Å²) in [5.41, 5.74) is 0.798. The third-order valence-electron chi connectivity index (χ3n) is 4.08. The van der Waals surface area contributed by atoms with E-state index >= 15 is 0 Å². The molecule has 0 aromatic carbocycles. The van der Waals surface area contributed by atoms with Crippen LogP contribution in [0.1, 0.15) is 55.4 Å². The Morgan fingerprint density at radius 1 is 1.55 bits per heavy atom. The number of nitrogens with one attached hydrogen (secondary N) is 1. The molecule has 1 aromatic heterocycles. The fourth-order valence-electron chi connectivity index (χ4n) is 2.83. The second-order valence-electron chi connectivity index (χ2n) is 5.54. The van der Waals surface area contributed by atoms with E-state index in [1.165, 1.54) is 30.8 Å². The van der Waals surface area contributed by atoms with Crippen LogP contribution in [0, 0.1) is 0 Å². The van der Waals surface area contributed by atoms with Gasteiger partial charge in [0.05, 0.1) is 5.69 Å². The van der Waals surface area contributed by atoms with Crippen molar-refractivity contribution in [2.24, 2.45) is 0 Å². The Hall–Kier alpha value is -1.01. The number of amides is 1. The Balaban J connectivity index is 1.86. The number of aryl methyl sites for hydroxylation is 1. The van der Waals surface area contributed by atoms with Gasteiger partial charge in [-0.3, -0.25) is 9.69 Å². The van der Waals surface area contributed by atoms with Gasteiger partial charge in [-0.2, -0.15) is 0 Å². The predicted octanol–water partition coefficient (Wildman–Crippen LogP) is 2.09. The highest BCUT2D eigenvalue weighted by atomic mass is 32.1. The topological polar surface area (TPSA) is 58.1 Å². The van der Waals surface area contributed by atoms with Crippen molar-refractivity contribution in [3.8, 4) is 0 Å². The quantitative estimate of drug-likeness (QED) is 0.904. The summed E-state index contributed by atoms with van der Waals surface area (Å²) < 4.78 is 3.86. The number of rotatable bonds is 5. The van der Waals surface area contributed by atoms with E-state index in [-0.39, 0.29) is 5.91 Å². The molecule has 112 valence electrons. The molecule has 1 saturated heterocycles. The Kier molecular flexibility index (Phi) is 5.48. The van der Waals surface area contributed by atoms with Crippen molar-refractivity contribution in [1.82, 2.24) is 19.8 Å². The van der Waals surface area contributed by atoms with Crippen LogP contribution >= 0.6 is 11.5 Å². The van der Waals surface area contributed by atoms with E-state index < -0.39 is 0 Å².